The molecule has 2 nitrogen and oxygen atoms in total. The third kappa shape index (κ3) is 1.77. The minimum atomic E-state index is 1.06. The molecular formula is C11H12N2S. The zero-order valence-corrected chi connectivity index (χ0v) is 9.06. The van der Waals surface area contributed by atoms with Gasteiger partial charge in [0.1, 0.15) is 0 Å². The molecule has 0 spiro atoms. The summed E-state index contributed by atoms with van der Waals surface area (Å²) < 4.78 is 0. The van der Waals surface area contributed by atoms with Crippen molar-refractivity contribution in [1.82, 2.24) is 4.98 Å². The molecule has 0 bridgehead atoms. The predicted molar refractivity (Wildman–Crippen MR) is 61.8 cm³/mol. The van der Waals surface area contributed by atoms with Gasteiger partial charge in [-0.2, -0.15) is 0 Å². The van der Waals surface area contributed by atoms with Crippen molar-refractivity contribution in [3.8, 4) is 11.3 Å². The molecule has 2 rings (SSSR count). The molecule has 0 atom stereocenters. The maximum atomic E-state index is 4.43. The van der Waals surface area contributed by atoms with Gasteiger partial charge in [-0.3, -0.25) is 0 Å². The first-order valence-electron chi connectivity index (χ1n) is 4.50. The van der Waals surface area contributed by atoms with Gasteiger partial charge in [0.05, 0.1) is 10.7 Å². The summed E-state index contributed by atoms with van der Waals surface area (Å²) in [6, 6.07) is 8.29. The molecule has 0 saturated carbocycles. The highest BCUT2D eigenvalue weighted by Gasteiger charge is 2.00. The van der Waals surface area contributed by atoms with Crippen molar-refractivity contribution in [3.63, 3.8) is 0 Å². The number of benzene rings is 1. The Balaban J connectivity index is 2.33. The first-order chi connectivity index (χ1) is 6.79. The van der Waals surface area contributed by atoms with Crippen LogP contribution >= 0.6 is 11.3 Å². The molecule has 0 amide bonds. The maximum Gasteiger partial charge on any atom is 0.0901 e. The van der Waals surface area contributed by atoms with E-state index in [1.165, 1.54) is 5.56 Å². The quantitative estimate of drug-likeness (QED) is 0.812. The number of nitrogens with zero attached hydrogens (tertiary/aromatic N) is 1. The Labute approximate surface area is 87.6 Å². The minimum Gasteiger partial charge on any atom is -0.388 e. The van der Waals surface area contributed by atoms with Gasteiger partial charge in [-0.1, -0.05) is 12.1 Å². The average Bonchev–Trinajstić information content (AvgIpc) is 2.65. The fraction of sp³-hybridized carbons (Fsp3) is 0.182. The third-order valence-corrected chi connectivity index (χ3v) is 2.86. The van der Waals surface area contributed by atoms with E-state index < -0.39 is 0 Å². The Morgan fingerprint density at radius 3 is 2.43 bits per heavy atom. The van der Waals surface area contributed by atoms with Crippen molar-refractivity contribution in [3.05, 3.63) is 34.7 Å². The van der Waals surface area contributed by atoms with Crippen LogP contribution in [0.5, 0.6) is 0 Å². The maximum absolute atomic E-state index is 4.43. The van der Waals surface area contributed by atoms with E-state index in [1.807, 2.05) is 14.0 Å². The summed E-state index contributed by atoms with van der Waals surface area (Å²) >= 11 is 1.68. The molecule has 1 aromatic carbocycles. The molecule has 3 heteroatoms. The summed E-state index contributed by atoms with van der Waals surface area (Å²) in [7, 11) is 1.92. The Kier molecular flexibility index (Phi) is 2.50. The number of nitrogens with one attached hydrogen (secondary N) is 1. The average molecular weight is 204 g/mol. The molecule has 1 heterocycles. The van der Waals surface area contributed by atoms with Crippen molar-refractivity contribution < 1.29 is 0 Å². The number of rotatable bonds is 2. The zero-order valence-electron chi connectivity index (χ0n) is 8.24. The molecule has 0 fully saturated rings. The number of aryl methyl sites for hydroxylation is 1. The van der Waals surface area contributed by atoms with Gasteiger partial charge in [0.2, 0.25) is 0 Å². The molecule has 0 aliphatic carbocycles. The van der Waals surface area contributed by atoms with Crippen molar-refractivity contribution >= 4 is 17.0 Å². The number of hydrogen-bond acceptors (Lipinski definition) is 3. The fourth-order valence-corrected chi connectivity index (χ4v) is 1.93. The van der Waals surface area contributed by atoms with Gasteiger partial charge in [-0.25, -0.2) is 4.98 Å². The van der Waals surface area contributed by atoms with E-state index in [2.05, 4.69) is 39.9 Å². The Morgan fingerprint density at radius 1 is 1.21 bits per heavy atom. The van der Waals surface area contributed by atoms with Crippen LogP contribution in [0.2, 0.25) is 0 Å². The number of hydrogen-bond donors (Lipinski definition) is 1. The summed E-state index contributed by atoms with van der Waals surface area (Å²) in [5.41, 5.74) is 3.37. The molecule has 0 aliphatic rings. The van der Waals surface area contributed by atoms with Crippen molar-refractivity contribution in [2.45, 2.75) is 6.92 Å². The Morgan fingerprint density at radius 2 is 1.93 bits per heavy atom. The Bertz CT molecular complexity index is 417. The van der Waals surface area contributed by atoms with Crippen molar-refractivity contribution in [2.75, 3.05) is 12.4 Å². The highest BCUT2D eigenvalue weighted by molar-refractivity contribution is 7.09. The summed E-state index contributed by atoms with van der Waals surface area (Å²) in [6.45, 7) is 2.02. The second kappa shape index (κ2) is 3.80. The SMILES string of the molecule is CNc1ccc(-c2csc(C)n2)cc1. The number of anilines is 1. The summed E-state index contributed by atoms with van der Waals surface area (Å²) in [4.78, 5) is 4.43. The molecule has 0 aliphatic heterocycles. The van der Waals surface area contributed by atoms with Crippen LogP contribution in [-0.2, 0) is 0 Å². The van der Waals surface area contributed by atoms with Crippen LogP contribution in [0.25, 0.3) is 11.3 Å². The van der Waals surface area contributed by atoms with Crippen LogP contribution in [0.4, 0.5) is 5.69 Å². The largest absolute Gasteiger partial charge is 0.388 e. The van der Waals surface area contributed by atoms with Crippen LogP contribution in [0, 0.1) is 6.92 Å². The molecule has 0 unspecified atom stereocenters. The van der Waals surface area contributed by atoms with Gasteiger partial charge >= 0.3 is 0 Å². The number of aromatic nitrogens is 1. The third-order valence-electron chi connectivity index (χ3n) is 2.09. The topological polar surface area (TPSA) is 24.9 Å². The molecule has 1 aromatic heterocycles. The molecule has 0 radical (unpaired) electrons. The van der Waals surface area contributed by atoms with E-state index >= 15 is 0 Å². The highest BCUT2D eigenvalue weighted by atomic mass is 32.1. The van der Waals surface area contributed by atoms with E-state index in [4.69, 9.17) is 0 Å². The molecule has 72 valence electrons. The van der Waals surface area contributed by atoms with E-state index in [9.17, 15) is 0 Å². The molecule has 1 N–H and O–H groups in total. The Hall–Kier alpha value is -1.35. The second-order valence-electron chi connectivity index (χ2n) is 3.08. The van der Waals surface area contributed by atoms with Crippen molar-refractivity contribution in [1.29, 1.82) is 0 Å². The van der Waals surface area contributed by atoms with Crippen LogP contribution in [-0.4, -0.2) is 12.0 Å². The van der Waals surface area contributed by atoms with Crippen molar-refractivity contribution in [2.24, 2.45) is 0 Å². The molecular weight excluding hydrogens is 192 g/mol. The molecule has 2 aromatic rings. The lowest BCUT2D eigenvalue weighted by molar-refractivity contribution is 1.30. The van der Waals surface area contributed by atoms with Crippen LogP contribution in [0.15, 0.2) is 29.6 Å². The van der Waals surface area contributed by atoms with Crippen LogP contribution in [0.3, 0.4) is 0 Å². The normalized spacial score (nSPS) is 10.1. The second-order valence-corrected chi connectivity index (χ2v) is 4.14. The van der Waals surface area contributed by atoms with Gasteiger partial charge in [-0.15, -0.1) is 11.3 Å². The smallest absolute Gasteiger partial charge is 0.0901 e. The summed E-state index contributed by atoms with van der Waals surface area (Å²) in [5.74, 6) is 0. The number of thiazole rings is 1. The first-order valence-corrected chi connectivity index (χ1v) is 5.38. The van der Waals surface area contributed by atoms with Crippen LogP contribution < -0.4 is 5.32 Å². The predicted octanol–water partition coefficient (Wildman–Crippen LogP) is 3.16. The van der Waals surface area contributed by atoms with E-state index in [-0.39, 0.29) is 0 Å². The first kappa shape index (κ1) is 9.21. The van der Waals surface area contributed by atoms with Crippen LogP contribution in [0.1, 0.15) is 5.01 Å². The van der Waals surface area contributed by atoms with E-state index in [1.54, 1.807) is 11.3 Å². The summed E-state index contributed by atoms with van der Waals surface area (Å²) in [5, 5.41) is 6.29. The van der Waals surface area contributed by atoms with Gasteiger partial charge in [0.25, 0.3) is 0 Å². The van der Waals surface area contributed by atoms with Gasteiger partial charge in [-0.05, 0) is 19.1 Å². The molecule has 0 saturated heterocycles. The van der Waals surface area contributed by atoms with Gasteiger partial charge in [0, 0.05) is 23.7 Å². The highest BCUT2D eigenvalue weighted by Crippen LogP contribution is 2.22. The van der Waals surface area contributed by atoms with E-state index in [0.717, 1.165) is 16.4 Å². The fourth-order valence-electron chi connectivity index (χ4n) is 1.30. The van der Waals surface area contributed by atoms with E-state index in [0.29, 0.717) is 0 Å². The monoisotopic (exact) mass is 204 g/mol. The molecule has 14 heavy (non-hydrogen) atoms. The lowest BCUT2D eigenvalue weighted by Crippen LogP contribution is -1.86. The standard InChI is InChI=1S/C11H12N2S/c1-8-13-11(7-14-8)9-3-5-10(12-2)6-4-9/h3-7,12H,1-2H3. The van der Waals surface area contributed by atoms with Gasteiger partial charge < -0.3 is 5.32 Å². The zero-order chi connectivity index (χ0) is 9.97. The minimum absolute atomic E-state index is 1.06. The summed E-state index contributed by atoms with van der Waals surface area (Å²) in [6.07, 6.45) is 0. The lowest BCUT2D eigenvalue weighted by Gasteiger charge is -2.00. The lowest BCUT2D eigenvalue weighted by atomic mass is 10.1. The van der Waals surface area contributed by atoms with Gasteiger partial charge in [0.15, 0.2) is 0 Å².